The number of rotatable bonds is 3. The van der Waals surface area contributed by atoms with Crippen LogP contribution in [-0.2, 0) is 33.3 Å². The lowest BCUT2D eigenvalue weighted by atomic mass is 9.81. The van der Waals surface area contributed by atoms with E-state index in [1.54, 1.807) is 101 Å². The summed E-state index contributed by atoms with van der Waals surface area (Å²) < 4.78 is 44.8. The molecule has 0 aromatic heterocycles. The van der Waals surface area contributed by atoms with Crippen LogP contribution in [-0.4, -0.2) is 168 Å². The molecule has 18 heteroatoms. The Balaban J connectivity index is 0.0000159. The van der Waals surface area contributed by atoms with Gasteiger partial charge >= 0.3 is 11.9 Å². The number of hydrogen-bond donors (Lipinski definition) is 10. The molecule has 3 rings (SSSR count). The molecule has 3 heterocycles. The fourth-order valence-corrected chi connectivity index (χ4v) is 8.21. The van der Waals surface area contributed by atoms with Crippen molar-refractivity contribution in [1.29, 1.82) is 0 Å². The Morgan fingerprint density at radius 1 is 0.647 bits per heavy atom. The number of carbonyl (C=O) groups is 2. The molecule has 20 unspecified atom stereocenters. The fraction of sp³-hybridized carbons (Fsp3) is 0.680. The molecule has 0 radical (unpaired) electrons. The van der Waals surface area contributed by atoms with Gasteiger partial charge in [0, 0.05) is 37.0 Å². The number of aliphatic hydroxyl groups is 10. The standard InChI is InChI=1S/C49H75FO17.CH4/c1-28-19-17-15-13-11-9-7-8-10-12-14-16-18-20-36(66-48-44(59)30(3)43(58)32(5)65-48)26-39-41(47(62)63-6)45(60)46(61)49(50,67-39)27-35(53)24-38(55)37(54)22-21-33(51)23-34(52)25-40(56)64-31(4)29(2)42(28)57;/h7-20,28-39,41-46,48,51-55,57-61H,21-27H2,1-6H3;1H4/b8-7+,11-9+,12-10+,15-13+,16-14+,19-17+,20-18+;. The first-order valence-electron chi connectivity index (χ1n) is 23.0. The van der Waals surface area contributed by atoms with Crippen molar-refractivity contribution in [3.63, 3.8) is 0 Å². The smallest absolute Gasteiger partial charge is 0.314 e. The molecule has 0 spiro atoms. The van der Waals surface area contributed by atoms with E-state index in [9.17, 15) is 60.7 Å². The number of halogens is 1. The number of ether oxygens (including phenoxy) is 5. The van der Waals surface area contributed by atoms with Crippen molar-refractivity contribution in [3.8, 4) is 0 Å². The van der Waals surface area contributed by atoms with Gasteiger partial charge in [0.05, 0.1) is 74.6 Å². The number of cyclic esters (lactones) is 1. The summed E-state index contributed by atoms with van der Waals surface area (Å²) in [6.45, 7) is 8.38. The van der Waals surface area contributed by atoms with Crippen molar-refractivity contribution in [2.45, 2.75) is 185 Å². The zero-order valence-electron chi connectivity index (χ0n) is 39.2. The molecule has 2 fully saturated rings. The summed E-state index contributed by atoms with van der Waals surface area (Å²) in [6, 6.07) is 0. The second-order valence-electron chi connectivity index (χ2n) is 18.0. The first-order valence-corrected chi connectivity index (χ1v) is 23.0. The second-order valence-corrected chi connectivity index (χ2v) is 18.0. The number of allylic oxidation sites excluding steroid dienone is 12. The number of methoxy groups -OCH3 is 1. The molecular weight excluding hydrogens is 892 g/mol. The molecule has 0 aromatic carbocycles. The molecule has 388 valence electrons. The Kier molecular flexibility index (Phi) is 26.4. The Morgan fingerprint density at radius 2 is 1.21 bits per heavy atom. The first-order chi connectivity index (χ1) is 31.6. The van der Waals surface area contributed by atoms with E-state index in [1.807, 2.05) is 13.0 Å². The predicted molar refractivity (Wildman–Crippen MR) is 250 cm³/mol. The normalized spacial score (nSPS) is 44.9. The Labute approximate surface area is 400 Å². The van der Waals surface area contributed by atoms with Crippen LogP contribution in [0.5, 0.6) is 0 Å². The van der Waals surface area contributed by atoms with Gasteiger partial charge in [-0.1, -0.05) is 113 Å². The molecule has 2 bridgehead atoms. The minimum atomic E-state index is -3.24. The van der Waals surface area contributed by atoms with E-state index in [-0.39, 0.29) is 32.6 Å². The van der Waals surface area contributed by atoms with Crippen molar-refractivity contribution < 1.29 is 88.7 Å². The Bertz CT molecular complexity index is 1720. The highest BCUT2D eigenvalue weighted by Gasteiger charge is 2.58. The van der Waals surface area contributed by atoms with Crippen LogP contribution in [0, 0.1) is 23.7 Å². The van der Waals surface area contributed by atoms with E-state index in [0.717, 1.165) is 7.11 Å². The van der Waals surface area contributed by atoms with E-state index in [2.05, 4.69) is 0 Å². The summed E-state index contributed by atoms with van der Waals surface area (Å²) in [7, 11) is 1.02. The molecule has 0 amide bonds. The van der Waals surface area contributed by atoms with Gasteiger partial charge in [0.15, 0.2) is 6.29 Å². The zero-order valence-corrected chi connectivity index (χ0v) is 39.2. The van der Waals surface area contributed by atoms with E-state index >= 15 is 4.39 Å². The van der Waals surface area contributed by atoms with Gasteiger partial charge in [0.2, 0.25) is 5.85 Å². The molecular formula is C50H79FO17. The largest absolute Gasteiger partial charge is 0.469 e. The third-order valence-corrected chi connectivity index (χ3v) is 12.6. The lowest BCUT2D eigenvalue weighted by Crippen LogP contribution is -2.63. The van der Waals surface area contributed by atoms with E-state index in [1.165, 1.54) is 6.08 Å². The van der Waals surface area contributed by atoms with E-state index < -0.39 is 153 Å². The van der Waals surface area contributed by atoms with Gasteiger partial charge in [0.25, 0.3) is 0 Å². The van der Waals surface area contributed by atoms with Crippen molar-refractivity contribution in [2.75, 3.05) is 7.11 Å². The second kappa shape index (κ2) is 29.7. The molecule has 20 atom stereocenters. The Morgan fingerprint density at radius 3 is 1.78 bits per heavy atom. The summed E-state index contributed by atoms with van der Waals surface area (Å²) >= 11 is 0. The lowest BCUT2D eigenvalue weighted by molar-refractivity contribution is -0.320. The van der Waals surface area contributed by atoms with Gasteiger partial charge < -0.3 is 74.7 Å². The number of esters is 2. The van der Waals surface area contributed by atoms with Crippen LogP contribution < -0.4 is 0 Å². The topological polar surface area (TPSA) is 283 Å². The number of carbonyl (C=O) groups excluding carboxylic acids is 2. The van der Waals surface area contributed by atoms with Gasteiger partial charge in [-0.2, -0.15) is 0 Å². The molecule has 3 aliphatic heterocycles. The summed E-state index contributed by atoms with van der Waals surface area (Å²) in [5.74, 6) is -8.17. The predicted octanol–water partition coefficient (Wildman–Crippen LogP) is 2.69. The minimum absolute atomic E-state index is 0. The summed E-state index contributed by atoms with van der Waals surface area (Å²) in [5.41, 5.74) is 0. The Hall–Kier alpha value is -3.47. The zero-order chi connectivity index (χ0) is 50.0. The van der Waals surface area contributed by atoms with Crippen molar-refractivity contribution in [2.24, 2.45) is 23.7 Å². The van der Waals surface area contributed by atoms with E-state index in [4.69, 9.17) is 23.7 Å². The van der Waals surface area contributed by atoms with Crippen molar-refractivity contribution in [3.05, 3.63) is 85.1 Å². The summed E-state index contributed by atoms with van der Waals surface area (Å²) in [4.78, 5) is 25.7. The van der Waals surface area contributed by atoms with Crippen LogP contribution in [0.25, 0.3) is 0 Å². The maximum atomic E-state index is 16.8. The number of fused-ring (bicyclic) bond motifs is 2. The van der Waals surface area contributed by atoms with Crippen LogP contribution >= 0.6 is 0 Å². The molecule has 68 heavy (non-hydrogen) atoms. The number of alkyl halides is 1. The van der Waals surface area contributed by atoms with Gasteiger partial charge in [-0.05, 0) is 33.1 Å². The van der Waals surface area contributed by atoms with Crippen molar-refractivity contribution >= 4 is 11.9 Å². The van der Waals surface area contributed by atoms with Gasteiger partial charge in [0.1, 0.15) is 30.3 Å². The molecule has 2 saturated heterocycles. The van der Waals surface area contributed by atoms with E-state index in [0.29, 0.717) is 0 Å². The summed E-state index contributed by atoms with van der Waals surface area (Å²) in [6.07, 6.45) is 0.142. The number of aliphatic hydroxyl groups excluding tert-OH is 10. The molecule has 0 aliphatic carbocycles. The number of hydrogen-bond acceptors (Lipinski definition) is 17. The molecule has 10 N–H and O–H groups in total. The van der Waals surface area contributed by atoms with Crippen LogP contribution in [0.15, 0.2) is 85.1 Å². The highest BCUT2D eigenvalue weighted by Crippen LogP contribution is 2.41. The molecule has 17 nitrogen and oxygen atoms in total. The van der Waals surface area contributed by atoms with Gasteiger partial charge in [-0.15, -0.1) is 0 Å². The maximum absolute atomic E-state index is 16.8. The summed E-state index contributed by atoms with van der Waals surface area (Å²) in [5, 5.41) is 108. The first kappa shape index (κ1) is 60.7. The van der Waals surface area contributed by atoms with Crippen LogP contribution in [0.2, 0.25) is 0 Å². The molecule has 0 aromatic rings. The van der Waals surface area contributed by atoms with Crippen LogP contribution in [0.1, 0.15) is 87.0 Å². The lowest BCUT2D eigenvalue weighted by Gasteiger charge is -2.47. The fourth-order valence-electron chi connectivity index (χ4n) is 8.21. The highest BCUT2D eigenvalue weighted by atomic mass is 19.2. The van der Waals surface area contributed by atoms with Crippen molar-refractivity contribution in [1.82, 2.24) is 0 Å². The van der Waals surface area contributed by atoms with Gasteiger partial charge in [-0.25, -0.2) is 4.39 Å². The highest BCUT2D eigenvalue weighted by molar-refractivity contribution is 5.74. The van der Waals surface area contributed by atoms with Crippen LogP contribution in [0.4, 0.5) is 4.39 Å². The monoisotopic (exact) mass is 971 g/mol. The SMILES string of the molecule is C.COC(=O)C1C2CC(OC3OC(C)C(O)C(C)C3O)/C=C/C=C/C=C/C=C/C=C/C=C/C=C/C(C)C(O)C(C)C(C)OC(=O)CC(O)CC(O)CCC(O)C(O)CC(O)CC(F)(O2)C(O)C1O. The minimum Gasteiger partial charge on any atom is -0.469 e. The van der Waals surface area contributed by atoms with Crippen LogP contribution in [0.3, 0.4) is 0 Å². The maximum Gasteiger partial charge on any atom is 0.314 e. The average Bonchev–Trinajstić information content (AvgIpc) is 3.27. The van der Waals surface area contributed by atoms with Gasteiger partial charge in [-0.3, -0.25) is 9.59 Å². The molecule has 0 saturated carbocycles. The molecule has 3 aliphatic rings. The third-order valence-electron chi connectivity index (χ3n) is 12.6. The quantitative estimate of drug-likeness (QED) is 0.182. The third kappa shape index (κ3) is 18.7. The average molecular weight is 971 g/mol.